The predicted octanol–water partition coefficient (Wildman–Crippen LogP) is 18.2. The number of benzene rings is 10. The van der Waals surface area contributed by atoms with Crippen LogP contribution >= 0.6 is 0 Å². The highest BCUT2D eigenvalue weighted by molar-refractivity contribution is 6.09. The molecule has 0 bridgehead atoms. The monoisotopic (exact) mass is 881 g/mol. The first-order valence-corrected chi connectivity index (χ1v) is 24.5. The van der Waals surface area contributed by atoms with E-state index in [4.69, 9.17) is 0 Å². The summed E-state index contributed by atoms with van der Waals surface area (Å²) < 4.78 is 0. The Kier molecular flexibility index (Phi) is 9.63. The second-order valence-electron chi connectivity index (χ2n) is 19.4. The number of hydrogen-bond donors (Lipinski definition) is 0. The van der Waals surface area contributed by atoms with Crippen molar-refractivity contribution in [3.05, 3.63) is 282 Å². The maximum atomic E-state index is 2.50. The van der Waals surface area contributed by atoms with Crippen LogP contribution in [-0.2, 0) is 10.8 Å². The van der Waals surface area contributed by atoms with Gasteiger partial charge in [-0.05, 0) is 137 Å². The highest BCUT2D eigenvalue weighted by Crippen LogP contribution is 2.59. The van der Waals surface area contributed by atoms with Gasteiger partial charge in [-0.15, -0.1) is 0 Å². The average Bonchev–Trinajstić information content (AvgIpc) is 3.85. The number of allylic oxidation sites excluding steroid dienone is 4. The van der Waals surface area contributed by atoms with E-state index in [1.165, 1.54) is 99.8 Å². The largest absolute Gasteiger partial charge is 0.310 e. The van der Waals surface area contributed by atoms with Crippen LogP contribution in [0.4, 0.5) is 17.1 Å². The first-order chi connectivity index (χ1) is 34.0. The lowest BCUT2D eigenvalue weighted by molar-refractivity contribution is 0.660. The van der Waals surface area contributed by atoms with Crippen LogP contribution in [-0.4, -0.2) is 0 Å². The molecule has 0 saturated heterocycles. The van der Waals surface area contributed by atoms with Crippen molar-refractivity contribution < 1.29 is 0 Å². The lowest BCUT2D eigenvalue weighted by Crippen LogP contribution is -2.29. The fraction of sp³-hybridized carbons (Fsp3) is 0.0882. The predicted molar refractivity (Wildman–Crippen MR) is 291 cm³/mol. The molecule has 1 unspecified atom stereocenters. The number of nitrogens with zero attached hydrogens (tertiary/aromatic N) is 1. The van der Waals surface area contributed by atoms with Crippen molar-refractivity contribution in [2.75, 3.05) is 4.90 Å². The van der Waals surface area contributed by atoms with E-state index in [9.17, 15) is 0 Å². The Hall–Kier alpha value is -8.26. The molecule has 0 aliphatic heterocycles. The van der Waals surface area contributed by atoms with Crippen molar-refractivity contribution in [1.29, 1.82) is 0 Å². The molecule has 0 aromatic heterocycles. The fourth-order valence-electron chi connectivity index (χ4n) is 12.3. The van der Waals surface area contributed by atoms with Crippen LogP contribution in [0.5, 0.6) is 0 Å². The minimum Gasteiger partial charge on any atom is -0.310 e. The van der Waals surface area contributed by atoms with Crippen molar-refractivity contribution in [3.8, 4) is 55.6 Å². The zero-order valence-corrected chi connectivity index (χ0v) is 39.0. The van der Waals surface area contributed by atoms with Crippen molar-refractivity contribution >= 4 is 27.8 Å². The number of rotatable bonds is 8. The molecule has 1 atom stereocenters. The van der Waals surface area contributed by atoms with Gasteiger partial charge in [0.2, 0.25) is 0 Å². The van der Waals surface area contributed by atoms with Crippen LogP contribution in [0.25, 0.3) is 66.4 Å². The zero-order chi connectivity index (χ0) is 46.1. The smallest absolute Gasteiger partial charge is 0.0711 e. The summed E-state index contributed by atoms with van der Waals surface area (Å²) in [7, 11) is 0. The number of hydrogen-bond acceptors (Lipinski definition) is 1. The summed E-state index contributed by atoms with van der Waals surface area (Å²) in [6.07, 6.45) is 9.32. The topological polar surface area (TPSA) is 3.24 Å². The van der Waals surface area contributed by atoms with Gasteiger partial charge in [-0.2, -0.15) is 0 Å². The molecule has 3 aliphatic carbocycles. The second-order valence-corrected chi connectivity index (χ2v) is 19.4. The van der Waals surface area contributed by atoms with Gasteiger partial charge in [0.15, 0.2) is 0 Å². The molecule has 10 aromatic rings. The SMILES string of the molecule is CC1(C)c2ccccc2-c2c(-c3c(-c4ccc(N(c5ccc6c(c5)C(C5=CCCC=C5)(c5ccccc5)c5ccccc5-6)c5ccccc5-c5ccccc5)cc4)ccc4ccccc34)cccc21. The molecular weight excluding hydrogens is 831 g/mol. The van der Waals surface area contributed by atoms with Crippen molar-refractivity contribution in [2.45, 2.75) is 37.5 Å². The standard InChI is InChI=1S/C68H51N/c1-67(2)60-33-17-15-31-58(60)66-59(32-20-35-62(66)67)65-54-29-13-12-23-47(54)39-43-55(65)48-37-40-51(41-38-48)69(64-36-19-16-28-53(64)46-21-6-3-7-22-46)52-42-44-57-56-30-14-18-34-61(56)68(63(57)45-52,49-24-8-4-9-25-49)50-26-10-5-11-27-50/h3-4,6-10,12-45H,5,11H2,1-2H3. The molecule has 0 N–H and O–H groups in total. The van der Waals surface area contributed by atoms with E-state index in [1.54, 1.807) is 0 Å². The van der Waals surface area contributed by atoms with E-state index in [2.05, 4.69) is 267 Å². The third-order valence-electron chi connectivity index (χ3n) is 15.4. The molecule has 0 saturated carbocycles. The third-order valence-corrected chi connectivity index (χ3v) is 15.4. The summed E-state index contributed by atoms with van der Waals surface area (Å²) in [5.41, 5.74) is 23.4. The number of para-hydroxylation sites is 1. The van der Waals surface area contributed by atoms with Crippen molar-refractivity contribution in [1.82, 2.24) is 0 Å². The van der Waals surface area contributed by atoms with Crippen LogP contribution < -0.4 is 4.90 Å². The normalized spacial score (nSPS) is 16.1. The van der Waals surface area contributed by atoms with E-state index < -0.39 is 5.41 Å². The summed E-state index contributed by atoms with van der Waals surface area (Å²) >= 11 is 0. The molecular formula is C68H51N. The van der Waals surface area contributed by atoms with Gasteiger partial charge >= 0.3 is 0 Å². The van der Waals surface area contributed by atoms with Crippen LogP contribution in [0.2, 0.25) is 0 Å². The maximum Gasteiger partial charge on any atom is 0.0711 e. The minimum absolute atomic E-state index is 0.0982. The van der Waals surface area contributed by atoms with Gasteiger partial charge in [-0.3, -0.25) is 0 Å². The van der Waals surface area contributed by atoms with Gasteiger partial charge in [-0.1, -0.05) is 232 Å². The highest BCUT2D eigenvalue weighted by Gasteiger charge is 2.47. The molecule has 328 valence electrons. The molecule has 0 radical (unpaired) electrons. The van der Waals surface area contributed by atoms with E-state index in [-0.39, 0.29) is 5.41 Å². The zero-order valence-electron chi connectivity index (χ0n) is 39.0. The Labute approximate surface area is 406 Å². The molecule has 13 rings (SSSR count). The molecule has 1 nitrogen and oxygen atoms in total. The molecule has 3 aliphatic rings. The summed E-state index contributed by atoms with van der Waals surface area (Å²) in [5.74, 6) is 0. The summed E-state index contributed by atoms with van der Waals surface area (Å²) in [6.45, 7) is 4.75. The van der Waals surface area contributed by atoms with Gasteiger partial charge in [0.05, 0.1) is 11.1 Å². The molecule has 1 heteroatoms. The van der Waals surface area contributed by atoms with Crippen molar-refractivity contribution in [3.63, 3.8) is 0 Å². The fourth-order valence-corrected chi connectivity index (χ4v) is 12.3. The molecule has 0 spiro atoms. The van der Waals surface area contributed by atoms with E-state index in [1.807, 2.05) is 0 Å². The third kappa shape index (κ3) is 6.30. The van der Waals surface area contributed by atoms with Gasteiger partial charge < -0.3 is 4.90 Å². The van der Waals surface area contributed by atoms with Crippen LogP contribution in [0.1, 0.15) is 54.5 Å². The second kappa shape index (κ2) is 16.2. The first-order valence-electron chi connectivity index (χ1n) is 24.5. The number of anilines is 3. The van der Waals surface area contributed by atoms with Crippen LogP contribution in [0.3, 0.4) is 0 Å². The molecule has 0 amide bonds. The van der Waals surface area contributed by atoms with E-state index in [0.717, 1.165) is 29.9 Å². The van der Waals surface area contributed by atoms with Crippen LogP contribution in [0, 0.1) is 0 Å². The quantitative estimate of drug-likeness (QED) is 0.147. The summed E-state index contributed by atoms with van der Waals surface area (Å²) in [4.78, 5) is 2.49. The van der Waals surface area contributed by atoms with Gasteiger partial charge in [0.1, 0.15) is 0 Å². The van der Waals surface area contributed by atoms with Crippen LogP contribution in [0.15, 0.2) is 254 Å². The van der Waals surface area contributed by atoms with Gasteiger partial charge in [0.25, 0.3) is 0 Å². The average molecular weight is 882 g/mol. The van der Waals surface area contributed by atoms with Gasteiger partial charge in [0, 0.05) is 22.4 Å². The Morgan fingerprint density at radius 2 is 1.00 bits per heavy atom. The Morgan fingerprint density at radius 1 is 0.391 bits per heavy atom. The Bertz CT molecular complexity index is 3680. The summed E-state index contributed by atoms with van der Waals surface area (Å²) in [6, 6.07) is 86.1. The first kappa shape index (κ1) is 41.0. The minimum atomic E-state index is -0.478. The van der Waals surface area contributed by atoms with Gasteiger partial charge in [-0.25, -0.2) is 0 Å². The van der Waals surface area contributed by atoms with Crippen molar-refractivity contribution in [2.24, 2.45) is 0 Å². The Morgan fingerprint density at radius 3 is 1.80 bits per heavy atom. The van der Waals surface area contributed by atoms with E-state index in [0.29, 0.717) is 0 Å². The van der Waals surface area contributed by atoms with E-state index >= 15 is 0 Å². The molecule has 0 heterocycles. The lowest BCUT2D eigenvalue weighted by atomic mass is 9.66. The Balaban J connectivity index is 1.02. The molecule has 0 fully saturated rings. The lowest BCUT2D eigenvalue weighted by Gasteiger charge is -2.36. The summed E-state index contributed by atoms with van der Waals surface area (Å²) in [5, 5.41) is 2.50. The highest BCUT2D eigenvalue weighted by atomic mass is 15.1. The maximum absolute atomic E-state index is 2.50. The molecule has 10 aromatic carbocycles. The molecule has 69 heavy (non-hydrogen) atoms. The number of fused-ring (bicyclic) bond motifs is 7.